The van der Waals surface area contributed by atoms with Crippen molar-refractivity contribution in [3.63, 3.8) is 0 Å². The Morgan fingerprint density at radius 1 is 1.10 bits per heavy atom. The summed E-state index contributed by atoms with van der Waals surface area (Å²) in [5, 5.41) is 0. The summed E-state index contributed by atoms with van der Waals surface area (Å²) >= 11 is 0. The zero-order chi connectivity index (χ0) is 7.56. The van der Waals surface area contributed by atoms with Crippen LogP contribution in [0.25, 0.3) is 0 Å². The van der Waals surface area contributed by atoms with Crippen LogP contribution in [-0.2, 0) is 6.32 Å². The molecule has 0 amide bonds. The standard InChI is InChI=1S/C9H13B/c1-7-3-8(2)5-9(4-7)6-10/h3-5H,6,10H2,1-2H3. The molecule has 0 aliphatic carbocycles. The van der Waals surface area contributed by atoms with Crippen LogP contribution in [0.2, 0.25) is 0 Å². The van der Waals surface area contributed by atoms with Crippen molar-refractivity contribution >= 4 is 7.85 Å². The molecule has 0 nitrogen and oxygen atoms in total. The molecule has 1 heteroatoms. The van der Waals surface area contributed by atoms with E-state index in [1.54, 1.807) is 0 Å². The van der Waals surface area contributed by atoms with E-state index in [-0.39, 0.29) is 0 Å². The van der Waals surface area contributed by atoms with E-state index in [1.807, 2.05) is 0 Å². The maximum Gasteiger partial charge on any atom is 0.107 e. The Morgan fingerprint density at radius 3 is 2.00 bits per heavy atom. The van der Waals surface area contributed by atoms with Crippen LogP contribution in [0.3, 0.4) is 0 Å². The zero-order valence-corrected chi connectivity index (χ0v) is 6.94. The van der Waals surface area contributed by atoms with Crippen molar-refractivity contribution in [1.82, 2.24) is 0 Å². The quantitative estimate of drug-likeness (QED) is 0.507. The predicted molar refractivity (Wildman–Crippen MR) is 48.2 cm³/mol. The Morgan fingerprint density at radius 2 is 1.60 bits per heavy atom. The third kappa shape index (κ3) is 1.63. The maximum absolute atomic E-state index is 2.24. The highest BCUT2D eigenvalue weighted by atomic mass is 13.9. The summed E-state index contributed by atoms with van der Waals surface area (Å²) in [5.74, 6) is 0. The summed E-state index contributed by atoms with van der Waals surface area (Å²) in [5.41, 5.74) is 4.19. The highest BCUT2D eigenvalue weighted by Gasteiger charge is 1.91. The Bertz CT molecular complexity index is 208. The van der Waals surface area contributed by atoms with Crippen molar-refractivity contribution < 1.29 is 0 Å². The summed E-state index contributed by atoms with van der Waals surface area (Å²) < 4.78 is 0. The number of hydrogen-bond donors (Lipinski definition) is 0. The van der Waals surface area contributed by atoms with Crippen LogP contribution in [0, 0.1) is 13.8 Å². The molecule has 0 saturated carbocycles. The van der Waals surface area contributed by atoms with E-state index in [1.165, 1.54) is 16.7 Å². The summed E-state index contributed by atoms with van der Waals surface area (Å²) in [4.78, 5) is 0. The smallest absolute Gasteiger partial charge is 0.0568 e. The lowest BCUT2D eigenvalue weighted by atomic mass is 9.94. The molecule has 10 heavy (non-hydrogen) atoms. The van der Waals surface area contributed by atoms with Gasteiger partial charge in [0, 0.05) is 0 Å². The van der Waals surface area contributed by atoms with Crippen LogP contribution < -0.4 is 0 Å². The largest absolute Gasteiger partial charge is 0.107 e. The minimum Gasteiger partial charge on any atom is -0.0568 e. The SMILES string of the molecule is BCc1cc(C)cc(C)c1. The van der Waals surface area contributed by atoms with Gasteiger partial charge in [-0.15, -0.1) is 0 Å². The van der Waals surface area contributed by atoms with Crippen molar-refractivity contribution in [3.8, 4) is 0 Å². The Labute approximate surface area is 63.7 Å². The molecule has 0 unspecified atom stereocenters. The molecule has 0 saturated heterocycles. The first-order chi connectivity index (χ1) is 4.72. The first kappa shape index (κ1) is 7.39. The molecule has 0 bridgehead atoms. The number of benzene rings is 1. The molecule has 0 aliphatic rings. The van der Waals surface area contributed by atoms with Gasteiger partial charge in [0.25, 0.3) is 0 Å². The number of aryl methyl sites for hydroxylation is 2. The lowest BCUT2D eigenvalue weighted by molar-refractivity contribution is 1.29. The van der Waals surface area contributed by atoms with Crippen LogP contribution in [0.15, 0.2) is 18.2 Å². The molecule has 0 aliphatic heterocycles. The third-order valence-corrected chi connectivity index (χ3v) is 1.69. The van der Waals surface area contributed by atoms with Gasteiger partial charge in [-0.05, 0) is 13.8 Å². The Balaban J connectivity index is 3.06. The molecule has 0 fully saturated rings. The van der Waals surface area contributed by atoms with Gasteiger partial charge in [-0.3, -0.25) is 0 Å². The van der Waals surface area contributed by atoms with Gasteiger partial charge in [0.1, 0.15) is 7.85 Å². The van der Waals surface area contributed by atoms with Crippen molar-refractivity contribution in [3.05, 3.63) is 34.9 Å². The van der Waals surface area contributed by atoms with Gasteiger partial charge in [0.15, 0.2) is 0 Å². The van der Waals surface area contributed by atoms with Gasteiger partial charge in [0.2, 0.25) is 0 Å². The highest BCUT2D eigenvalue weighted by molar-refractivity contribution is 6.08. The van der Waals surface area contributed by atoms with Crippen LogP contribution in [0.5, 0.6) is 0 Å². The van der Waals surface area contributed by atoms with Gasteiger partial charge < -0.3 is 0 Å². The lowest BCUT2D eigenvalue weighted by Crippen LogP contribution is -1.86. The molecule has 1 aromatic carbocycles. The summed E-state index contributed by atoms with van der Waals surface area (Å²) in [6, 6.07) is 6.69. The molecule has 0 N–H and O–H groups in total. The van der Waals surface area contributed by atoms with Crippen LogP contribution in [0.4, 0.5) is 0 Å². The Hall–Kier alpha value is -0.715. The minimum atomic E-state index is 1.14. The van der Waals surface area contributed by atoms with Crippen molar-refractivity contribution in [2.45, 2.75) is 20.2 Å². The minimum absolute atomic E-state index is 1.14. The predicted octanol–water partition coefficient (Wildman–Crippen LogP) is 1.44. The van der Waals surface area contributed by atoms with E-state index in [0.717, 1.165) is 6.32 Å². The van der Waals surface area contributed by atoms with Crippen molar-refractivity contribution in [2.75, 3.05) is 0 Å². The first-order valence-electron chi connectivity index (χ1n) is 3.79. The number of hydrogen-bond acceptors (Lipinski definition) is 0. The molecule has 0 heterocycles. The number of rotatable bonds is 1. The van der Waals surface area contributed by atoms with Gasteiger partial charge in [0.05, 0.1) is 0 Å². The third-order valence-electron chi connectivity index (χ3n) is 1.69. The Kier molecular flexibility index (Phi) is 2.15. The molecule has 52 valence electrons. The van der Waals surface area contributed by atoms with E-state index >= 15 is 0 Å². The van der Waals surface area contributed by atoms with E-state index in [2.05, 4.69) is 39.9 Å². The van der Waals surface area contributed by atoms with Crippen molar-refractivity contribution in [2.24, 2.45) is 0 Å². The van der Waals surface area contributed by atoms with E-state index in [0.29, 0.717) is 0 Å². The van der Waals surface area contributed by atoms with E-state index < -0.39 is 0 Å². The first-order valence-corrected chi connectivity index (χ1v) is 3.79. The van der Waals surface area contributed by atoms with E-state index in [4.69, 9.17) is 0 Å². The normalized spacial score (nSPS) is 9.80. The van der Waals surface area contributed by atoms with Gasteiger partial charge in [-0.25, -0.2) is 0 Å². The van der Waals surface area contributed by atoms with E-state index in [9.17, 15) is 0 Å². The molecule has 0 radical (unpaired) electrons. The lowest BCUT2D eigenvalue weighted by Gasteiger charge is -2.00. The average molecular weight is 132 g/mol. The molecule has 0 atom stereocenters. The average Bonchev–Trinajstić information content (AvgIpc) is 1.85. The highest BCUT2D eigenvalue weighted by Crippen LogP contribution is 2.07. The monoisotopic (exact) mass is 132 g/mol. The second-order valence-corrected chi connectivity index (χ2v) is 2.85. The fourth-order valence-electron chi connectivity index (χ4n) is 1.27. The molecule has 0 aromatic heterocycles. The van der Waals surface area contributed by atoms with Crippen LogP contribution in [-0.4, -0.2) is 7.85 Å². The summed E-state index contributed by atoms with van der Waals surface area (Å²) in [6.07, 6.45) is 1.14. The zero-order valence-electron chi connectivity index (χ0n) is 6.94. The topological polar surface area (TPSA) is 0 Å². The van der Waals surface area contributed by atoms with Gasteiger partial charge >= 0.3 is 0 Å². The molecular weight excluding hydrogens is 119 g/mol. The van der Waals surface area contributed by atoms with Crippen molar-refractivity contribution in [1.29, 1.82) is 0 Å². The molecule has 1 rings (SSSR count). The molecule has 1 aromatic rings. The molecule has 0 spiro atoms. The van der Waals surface area contributed by atoms with Gasteiger partial charge in [-0.2, -0.15) is 0 Å². The maximum atomic E-state index is 2.24. The fraction of sp³-hybridized carbons (Fsp3) is 0.333. The summed E-state index contributed by atoms with van der Waals surface area (Å²) in [7, 11) is 2.19. The van der Waals surface area contributed by atoms with Crippen LogP contribution in [0.1, 0.15) is 16.7 Å². The second-order valence-electron chi connectivity index (χ2n) is 2.85. The summed E-state index contributed by atoms with van der Waals surface area (Å²) in [6.45, 7) is 4.29. The van der Waals surface area contributed by atoms with Crippen LogP contribution >= 0.6 is 0 Å². The van der Waals surface area contributed by atoms with Gasteiger partial charge in [-0.1, -0.05) is 41.2 Å². The second kappa shape index (κ2) is 2.91. The fourth-order valence-corrected chi connectivity index (χ4v) is 1.27. The molecular formula is C9H13B.